The molecule has 70 heavy (non-hydrogen) atoms. The molecule has 1 fully saturated rings. The monoisotopic (exact) mass is 989 g/mol. The maximum absolute atomic E-state index is 12.9. The molecule has 0 bridgehead atoms. The smallest absolute Gasteiger partial charge is 0.306 e. The van der Waals surface area contributed by atoms with Crippen LogP contribution in [-0.4, -0.2) is 89.6 Å². The summed E-state index contributed by atoms with van der Waals surface area (Å²) < 4.78 is 23.0. The van der Waals surface area contributed by atoms with Gasteiger partial charge in [-0.3, -0.25) is 4.79 Å². The predicted molar refractivity (Wildman–Crippen MR) is 293 cm³/mol. The number of unbranched alkanes of at least 4 members (excludes halogenated alkanes) is 33. The molecule has 0 aromatic rings. The molecule has 0 radical (unpaired) electrons. The van der Waals surface area contributed by atoms with Crippen LogP contribution >= 0.6 is 0 Å². The van der Waals surface area contributed by atoms with Crippen LogP contribution in [-0.2, 0) is 23.7 Å². The number of rotatable bonds is 52. The minimum atomic E-state index is -1.54. The normalized spacial score (nSPS) is 19.2. The number of hydrogen-bond acceptors (Lipinski definition) is 9. The summed E-state index contributed by atoms with van der Waals surface area (Å²) in [5.74, 6) is -0.312. The molecule has 0 saturated carbocycles. The summed E-state index contributed by atoms with van der Waals surface area (Å²) in [5.41, 5.74) is 0. The SMILES string of the molecule is CCCCCCC/C=C\C/C=C\CCCCCCCCCCCCCCCC(=O)OC(COCCCCCCCCCCCC/C=C\C/C=C\CCCCCCC)COC1OC(CO)C(O)C(O)C1O. The standard InChI is InChI=1S/C61H112O9/c1-3-5-7-9-11-13-15-17-19-21-23-25-27-28-29-30-32-34-36-38-40-42-44-46-48-50-57(63)69-55(54-68-61-60(66)59(65)58(64)56(52-62)70-61)53-67-51-49-47-45-43-41-39-37-35-33-31-26-24-22-20-18-16-14-12-10-8-6-4-2/h15-18,21-24,55-56,58-62,64-66H,3-14,19-20,25-54H2,1-2H3/b17-15-,18-16-,23-21-,24-22-. The lowest BCUT2D eigenvalue weighted by atomic mass is 9.99. The van der Waals surface area contributed by atoms with Gasteiger partial charge in [0.15, 0.2) is 6.29 Å². The van der Waals surface area contributed by atoms with Crippen LogP contribution in [0.4, 0.5) is 0 Å². The highest BCUT2D eigenvalue weighted by Crippen LogP contribution is 2.23. The van der Waals surface area contributed by atoms with E-state index in [-0.39, 0.29) is 19.2 Å². The molecule has 0 aromatic heterocycles. The van der Waals surface area contributed by atoms with E-state index >= 15 is 0 Å². The third-order valence-corrected chi connectivity index (χ3v) is 13.7. The Hall–Kier alpha value is -1.85. The maximum atomic E-state index is 12.9. The fourth-order valence-electron chi connectivity index (χ4n) is 9.08. The van der Waals surface area contributed by atoms with E-state index in [0.717, 1.165) is 44.9 Å². The van der Waals surface area contributed by atoms with Crippen molar-refractivity contribution in [2.24, 2.45) is 0 Å². The van der Waals surface area contributed by atoms with Crippen molar-refractivity contribution in [3.8, 4) is 0 Å². The van der Waals surface area contributed by atoms with E-state index in [1.54, 1.807) is 0 Å². The summed E-state index contributed by atoms with van der Waals surface area (Å²) in [6.45, 7) is 4.57. The number of ether oxygens (including phenoxy) is 4. The van der Waals surface area contributed by atoms with Gasteiger partial charge in [-0.1, -0.05) is 236 Å². The zero-order chi connectivity index (χ0) is 50.6. The zero-order valence-electron chi connectivity index (χ0n) is 45.5. The fourth-order valence-corrected chi connectivity index (χ4v) is 9.08. The second-order valence-electron chi connectivity index (χ2n) is 20.4. The molecule has 410 valence electrons. The number of carbonyl (C=O) groups is 1. The Balaban J connectivity index is 2.14. The molecule has 1 heterocycles. The summed E-state index contributed by atoms with van der Waals surface area (Å²) in [5, 5.41) is 40.4. The van der Waals surface area contributed by atoms with E-state index in [0.29, 0.717) is 13.0 Å². The Labute approximate surface area is 431 Å². The highest BCUT2D eigenvalue weighted by molar-refractivity contribution is 5.69. The van der Waals surface area contributed by atoms with Gasteiger partial charge >= 0.3 is 5.97 Å². The highest BCUT2D eigenvalue weighted by Gasteiger charge is 2.44. The molecular weight excluding hydrogens is 877 g/mol. The van der Waals surface area contributed by atoms with E-state index in [2.05, 4.69) is 62.5 Å². The summed E-state index contributed by atoms with van der Waals surface area (Å²) in [6, 6.07) is 0. The van der Waals surface area contributed by atoms with Gasteiger partial charge in [0.1, 0.15) is 30.5 Å². The highest BCUT2D eigenvalue weighted by atomic mass is 16.7. The summed E-state index contributed by atoms with van der Waals surface area (Å²) in [7, 11) is 0. The van der Waals surface area contributed by atoms with Crippen LogP contribution in [0, 0.1) is 0 Å². The van der Waals surface area contributed by atoms with E-state index in [4.69, 9.17) is 18.9 Å². The minimum absolute atomic E-state index is 0.114. The van der Waals surface area contributed by atoms with Crippen molar-refractivity contribution in [2.75, 3.05) is 26.4 Å². The van der Waals surface area contributed by atoms with Gasteiger partial charge in [0.25, 0.3) is 0 Å². The molecule has 1 rings (SSSR count). The van der Waals surface area contributed by atoms with Crippen molar-refractivity contribution < 1.29 is 44.2 Å². The van der Waals surface area contributed by atoms with Gasteiger partial charge in [0.2, 0.25) is 0 Å². The number of hydrogen-bond donors (Lipinski definition) is 4. The van der Waals surface area contributed by atoms with Crippen molar-refractivity contribution in [3.05, 3.63) is 48.6 Å². The van der Waals surface area contributed by atoms with E-state index in [1.807, 2.05) is 0 Å². The van der Waals surface area contributed by atoms with Crippen LogP contribution in [0.2, 0.25) is 0 Å². The molecule has 6 unspecified atom stereocenters. The van der Waals surface area contributed by atoms with E-state index < -0.39 is 43.4 Å². The second kappa shape index (κ2) is 52.0. The van der Waals surface area contributed by atoms with E-state index in [1.165, 1.54) is 205 Å². The third kappa shape index (κ3) is 41.6. The van der Waals surface area contributed by atoms with Crippen molar-refractivity contribution >= 4 is 5.97 Å². The van der Waals surface area contributed by atoms with Gasteiger partial charge in [-0.2, -0.15) is 0 Å². The summed E-state index contributed by atoms with van der Waals surface area (Å²) >= 11 is 0. The van der Waals surface area contributed by atoms with Crippen molar-refractivity contribution in [1.29, 1.82) is 0 Å². The Morgan fingerprint density at radius 3 is 1.23 bits per heavy atom. The van der Waals surface area contributed by atoms with Crippen molar-refractivity contribution in [3.63, 3.8) is 0 Å². The molecule has 9 heteroatoms. The lowest BCUT2D eigenvalue weighted by molar-refractivity contribution is -0.305. The molecule has 0 amide bonds. The predicted octanol–water partition coefficient (Wildman–Crippen LogP) is 15.6. The lowest BCUT2D eigenvalue weighted by Crippen LogP contribution is -2.59. The maximum Gasteiger partial charge on any atom is 0.306 e. The van der Waals surface area contributed by atoms with Crippen molar-refractivity contribution in [2.45, 2.75) is 307 Å². The first-order chi connectivity index (χ1) is 34.4. The van der Waals surface area contributed by atoms with Crippen LogP contribution in [0.1, 0.15) is 271 Å². The van der Waals surface area contributed by atoms with Gasteiger partial charge in [0.05, 0.1) is 19.8 Å². The molecule has 0 aromatic carbocycles. The first-order valence-electron chi connectivity index (χ1n) is 29.7. The average Bonchev–Trinajstić information content (AvgIpc) is 3.36. The fraction of sp³-hybridized carbons (Fsp3) is 0.852. The van der Waals surface area contributed by atoms with Crippen LogP contribution in [0.15, 0.2) is 48.6 Å². The zero-order valence-corrected chi connectivity index (χ0v) is 45.5. The van der Waals surface area contributed by atoms with Crippen LogP contribution < -0.4 is 0 Å². The number of aliphatic hydroxyl groups excluding tert-OH is 4. The summed E-state index contributed by atoms with van der Waals surface area (Å²) in [4.78, 5) is 12.9. The van der Waals surface area contributed by atoms with Crippen LogP contribution in [0.25, 0.3) is 0 Å². The average molecular weight is 990 g/mol. The number of carbonyl (C=O) groups excluding carboxylic acids is 1. The molecule has 1 aliphatic heterocycles. The second-order valence-corrected chi connectivity index (χ2v) is 20.4. The molecule has 0 aliphatic carbocycles. The minimum Gasteiger partial charge on any atom is -0.457 e. The number of aliphatic hydroxyl groups is 4. The van der Waals surface area contributed by atoms with Crippen molar-refractivity contribution in [1.82, 2.24) is 0 Å². The largest absolute Gasteiger partial charge is 0.457 e. The van der Waals surface area contributed by atoms with Gasteiger partial charge in [-0.15, -0.1) is 0 Å². The van der Waals surface area contributed by atoms with Gasteiger partial charge in [-0.25, -0.2) is 0 Å². The van der Waals surface area contributed by atoms with E-state index in [9.17, 15) is 25.2 Å². The molecule has 0 spiro atoms. The Morgan fingerprint density at radius 1 is 0.457 bits per heavy atom. The molecule has 1 saturated heterocycles. The van der Waals surface area contributed by atoms with Crippen LogP contribution in [0.5, 0.6) is 0 Å². The van der Waals surface area contributed by atoms with Crippen LogP contribution in [0.3, 0.4) is 0 Å². The molecule has 9 nitrogen and oxygen atoms in total. The molecule has 4 N–H and O–H groups in total. The van der Waals surface area contributed by atoms with Gasteiger partial charge in [-0.05, 0) is 77.0 Å². The number of allylic oxidation sites excluding steroid dienone is 8. The third-order valence-electron chi connectivity index (χ3n) is 13.7. The van der Waals surface area contributed by atoms with Gasteiger partial charge in [0, 0.05) is 13.0 Å². The van der Waals surface area contributed by atoms with Gasteiger partial charge < -0.3 is 39.4 Å². The molecule has 1 aliphatic rings. The first kappa shape index (κ1) is 66.2. The Kier molecular flexibility index (Phi) is 49.2. The molecular formula is C61H112O9. The summed E-state index contributed by atoms with van der Waals surface area (Å²) in [6.07, 6.45) is 60.1. The number of esters is 1. The Morgan fingerprint density at radius 2 is 0.829 bits per heavy atom. The lowest BCUT2D eigenvalue weighted by Gasteiger charge is -2.39. The molecule has 6 atom stereocenters. The first-order valence-corrected chi connectivity index (χ1v) is 29.7. The Bertz CT molecular complexity index is 1220. The quantitative estimate of drug-likeness (QED) is 0.0267. The topological polar surface area (TPSA) is 135 Å².